The summed E-state index contributed by atoms with van der Waals surface area (Å²) in [6.07, 6.45) is 0.826. The van der Waals surface area contributed by atoms with Gasteiger partial charge in [0.25, 0.3) is 5.69 Å². The van der Waals surface area contributed by atoms with Crippen molar-refractivity contribution in [1.82, 2.24) is 0 Å². The summed E-state index contributed by atoms with van der Waals surface area (Å²) in [5, 5.41) is 13.9. The maximum absolute atomic E-state index is 13.7. The summed E-state index contributed by atoms with van der Waals surface area (Å²) < 4.78 is 19.1. The Morgan fingerprint density at radius 1 is 1.23 bits per heavy atom. The van der Waals surface area contributed by atoms with Crippen LogP contribution in [-0.4, -0.2) is 24.0 Å². The predicted octanol–water partition coefficient (Wildman–Crippen LogP) is 3.73. The summed E-state index contributed by atoms with van der Waals surface area (Å²) in [7, 11) is 0. The molecule has 0 aromatic heterocycles. The molecule has 1 aliphatic rings. The Morgan fingerprint density at radius 3 is 2.62 bits per heavy atom. The standard InChI is InChI=1S/C19H19FN2O4/c1-13-5-6-16(12-17(13)22(24)25)21-18(23)19(7-9-26-10-8-19)14-3-2-4-15(20)11-14/h2-6,11-12H,7-10H2,1H3,(H,21,23). The van der Waals surface area contributed by atoms with Gasteiger partial charge in [0.1, 0.15) is 5.82 Å². The summed E-state index contributed by atoms with van der Waals surface area (Å²) in [5.41, 5.74) is 0.447. The highest BCUT2D eigenvalue weighted by molar-refractivity contribution is 5.99. The summed E-state index contributed by atoms with van der Waals surface area (Å²) >= 11 is 0. The molecule has 0 bridgehead atoms. The molecule has 0 aliphatic carbocycles. The second-order valence-corrected chi connectivity index (χ2v) is 6.42. The molecule has 0 atom stereocenters. The van der Waals surface area contributed by atoms with Gasteiger partial charge in [-0.1, -0.05) is 18.2 Å². The summed E-state index contributed by atoms with van der Waals surface area (Å²) in [4.78, 5) is 23.7. The first-order valence-electron chi connectivity index (χ1n) is 8.33. The molecule has 6 nitrogen and oxygen atoms in total. The number of ether oxygens (including phenoxy) is 1. The maximum Gasteiger partial charge on any atom is 0.274 e. The second-order valence-electron chi connectivity index (χ2n) is 6.42. The quantitative estimate of drug-likeness (QED) is 0.667. The Kier molecular flexibility index (Phi) is 4.99. The Bertz CT molecular complexity index is 847. The molecule has 7 heteroatoms. The van der Waals surface area contributed by atoms with E-state index >= 15 is 0 Å². The van der Waals surface area contributed by atoms with Crippen LogP contribution < -0.4 is 5.32 Å². The SMILES string of the molecule is Cc1ccc(NC(=O)C2(c3cccc(F)c3)CCOCC2)cc1[N+](=O)[O-]. The van der Waals surface area contributed by atoms with Crippen LogP contribution in [0.15, 0.2) is 42.5 Å². The van der Waals surface area contributed by atoms with Gasteiger partial charge in [-0.15, -0.1) is 0 Å². The lowest BCUT2D eigenvalue weighted by Crippen LogP contribution is -2.44. The fourth-order valence-corrected chi connectivity index (χ4v) is 3.29. The van der Waals surface area contributed by atoms with Crippen molar-refractivity contribution in [1.29, 1.82) is 0 Å². The number of rotatable bonds is 4. The zero-order valence-electron chi connectivity index (χ0n) is 14.3. The molecule has 3 rings (SSSR count). The van der Waals surface area contributed by atoms with Gasteiger partial charge in [-0.3, -0.25) is 14.9 Å². The van der Waals surface area contributed by atoms with E-state index in [1.165, 1.54) is 18.2 Å². The van der Waals surface area contributed by atoms with E-state index in [0.29, 0.717) is 42.9 Å². The van der Waals surface area contributed by atoms with Crippen molar-refractivity contribution in [3.8, 4) is 0 Å². The highest BCUT2D eigenvalue weighted by Gasteiger charge is 2.42. The van der Waals surface area contributed by atoms with Crippen LogP contribution in [0.2, 0.25) is 0 Å². The Morgan fingerprint density at radius 2 is 1.96 bits per heavy atom. The number of nitro benzene ring substituents is 1. The molecule has 1 heterocycles. The van der Waals surface area contributed by atoms with E-state index in [4.69, 9.17) is 4.74 Å². The normalized spacial score (nSPS) is 16.1. The molecule has 26 heavy (non-hydrogen) atoms. The topological polar surface area (TPSA) is 81.5 Å². The number of carbonyl (C=O) groups excluding carboxylic acids is 1. The first kappa shape index (κ1) is 18.0. The molecule has 0 saturated carbocycles. The first-order valence-corrected chi connectivity index (χ1v) is 8.33. The van der Waals surface area contributed by atoms with Crippen LogP contribution in [0.3, 0.4) is 0 Å². The van der Waals surface area contributed by atoms with E-state index in [1.807, 2.05) is 0 Å². The minimum Gasteiger partial charge on any atom is -0.381 e. The molecule has 2 aromatic rings. The number of nitrogens with one attached hydrogen (secondary N) is 1. The van der Waals surface area contributed by atoms with Crippen molar-refractivity contribution >= 4 is 17.3 Å². The Hall–Kier alpha value is -2.80. The van der Waals surface area contributed by atoms with Crippen molar-refractivity contribution in [2.75, 3.05) is 18.5 Å². The third-order valence-electron chi connectivity index (χ3n) is 4.82. The Labute approximate surface area is 150 Å². The smallest absolute Gasteiger partial charge is 0.274 e. The zero-order valence-corrected chi connectivity index (χ0v) is 14.3. The molecular formula is C19H19FN2O4. The highest BCUT2D eigenvalue weighted by atomic mass is 19.1. The number of benzene rings is 2. The fourth-order valence-electron chi connectivity index (χ4n) is 3.29. The largest absolute Gasteiger partial charge is 0.381 e. The van der Waals surface area contributed by atoms with Crippen molar-refractivity contribution in [2.45, 2.75) is 25.2 Å². The molecule has 0 unspecified atom stereocenters. The number of aryl methyl sites for hydroxylation is 1. The number of hydrogen-bond acceptors (Lipinski definition) is 4. The number of nitro groups is 1. The molecule has 1 N–H and O–H groups in total. The van der Waals surface area contributed by atoms with Gasteiger partial charge in [0.2, 0.25) is 5.91 Å². The van der Waals surface area contributed by atoms with Gasteiger partial charge >= 0.3 is 0 Å². The average Bonchev–Trinajstić information content (AvgIpc) is 2.63. The van der Waals surface area contributed by atoms with Crippen molar-refractivity contribution in [3.63, 3.8) is 0 Å². The molecule has 1 fully saturated rings. The van der Waals surface area contributed by atoms with E-state index in [1.54, 1.807) is 31.2 Å². The summed E-state index contributed by atoms with van der Waals surface area (Å²) in [6.45, 7) is 2.41. The number of amides is 1. The van der Waals surface area contributed by atoms with E-state index in [0.717, 1.165) is 0 Å². The molecular weight excluding hydrogens is 339 g/mol. The van der Waals surface area contributed by atoms with Gasteiger partial charge in [0.15, 0.2) is 0 Å². The minimum atomic E-state index is -0.931. The lowest BCUT2D eigenvalue weighted by molar-refractivity contribution is -0.385. The minimum absolute atomic E-state index is 0.0606. The van der Waals surface area contributed by atoms with Crippen LogP contribution in [0.4, 0.5) is 15.8 Å². The van der Waals surface area contributed by atoms with Crippen LogP contribution in [0.1, 0.15) is 24.0 Å². The third-order valence-corrected chi connectivity index (χ3v) is 4.82. The highest BCUT2D eigenvalue weighted by Crippen LogP contribution is 2.37. The van der Waals surface area contributed by atoms with Gasteiger partial charge in [-0.05, 0) is 43.5 Å². The van der Waals surface area contributed by atoms with E-state index in [-0.39, 0.29) is 11.6 Å². The number of carbonyl (C=O) groups is 1. The van der Waals surface area contributed by atoms with Crippen molar-refractivity contribution in [2.24, 2.45) is 0 Å². The number of anilines is 1. The first-order chi connectivity index (χ1) is 12.4. The van der Waals surface area contributed by atoms with Gasteiger partial charge in [0, 0.05) is 30.5 Å². The maximum atomic E-state index is 13.7. The van der Waals surface area contributed by atoms with Gasteiger partial charge < -0.3 is 10.1 Å². The van der Waals surface area contributed by atoms with E-state index < -0.39 is 16.2 Å². The predicted molar refractivity (Wildman–Crippen MR) is 94.6 cm³/mol. The number of nitrogens with zero attached hydrogens (tertiary/aromatic N) is 1. The number of halogens is 1. The van der Waals surface area contributed by atoms with Gasteiger partial charge in [0.05, 0.1) is 10.3 Å². The third kappa shape index (κ3) is 3.43. The molecule has 1 amide bonds. The van der Waals surface area contributed by atoms with Crippen LogP contribution in [-0.2, 0) is 14.9 Å². The van der Waals surface area contributed by atoms with Crippen LogP contribution >= 0.6 is 0 Å². The van der Waals surface area contributed by atoms with Crippen LogP contribution in [0, 0.1) is 22.9 Å². The van der Waals surface area contributed by atoms with Gasteiger partial charge in [-0.25, -0.2) is 4.39 Å². The van der Waals surface area contributed by atoms with Gasteiger partial charge in [-0.2, -0.15) is 0 Å². The molecule has 136 valence electrons. The van der Waals surface area contributed by atoms with E-state index in [9.17, 15) is 19.3 Å². The second kappa shape index (κ2) is 7.21. The van der Waals surface area contributed by atoms with Crippen LogP contribution in [0.5, 0.6) is 0 Å². The van der Waals surface area contributed by atoms with E-state index in [2.05, 4.69) is 5.32 Å². The summed E-state index contributed by atoms with van der Waals surface area (Å²) in [5.74, 6) is -0.725. The zero-order chi connectivity index (χ0) is 18.7. The molecule has 0 radical (unpaired) electrons. The number of hydrogen-bond donors (Lipinski definition) is 1. The lowest BCUT2D eigenvalue weighted by atomic mass is 9.73. The molecule has 1 saturated heterocycles. The fraction of sp³-hybridized carbons (Fsp3) is 0.316. The summed E-state index contributed by atoms with van der Waals surface area (Å²) in [6, 6.07) is 10.6. The van der Waals surface area contributed by atoms with Crippen molar-refractivity contribution < 1.29 is 18.8 Å². The van der Waals surface area contributed by atoms with Crippen molar-refractivity contribution in [3.05, 3.63) is 69.5 Å². The van der Waals surface area contributed by atoms with Crippen LogP contribution in [0.25, 0.3) is 0 Å². The monoisotopic (exact) mass is 358 g/mol. The Balaban J connectivity index is 1.94. The molecule has 2 aromatic carbocycles. The lowest BCUT2D eigenvalue weighted by Gasteiger charge is -2.36. The average molecular weight is 358 g/mol. The molecule has 0 spiro atoms. The molecule has 1 aliphatic heterocycles.